The summed E-state index contributed by atoms with van der Waals surface area (Å²) in [5, 5.41) is 0. The van der Waals surface area contributed by atoms with Crippen molar-refractivity contribution in [1.82, 2.24) is 0 Å². The molecule has 0 radical (unpaired) electrons. The van der Waals surface area contributed by atoms with Gasteiger partial charge >= 0.3 is 106 Å². The molecule has 1 aromatic rings. The van der Waals surface area contributed by atoms with Crippen LogP contribution in [0.3, 0.4) is 0 Å². The van der Waals surface area contributed by atoms with Gasteiger partial charge in [0.05, 0.1) is 0 Å². The Bertz CT molecular complexity index is 377. The Kier molecular flexibility index (Phi) is 5.73. The van der Waals surface area contributed by atoms with Crippen molar-refractivity contribution in [3.63, 3.8) is 0 Å². The SMILES string of the molecule is COC(=O)CC([Se]c1ccccc1)C(=O)OC. The molecule has 0 aromatic heterocycles. The molecule has 0 fully saturated rings. The minimum absolute atomic E-state index is 0.0675. The molecule has 5 heteroatoms. The average molecular weight is 301 g/mol. The van der Waals surface area contributed by atoms with Crippen LogP contribution < -0.4 is 4.46 Å². The van der Waals surface area contributed by atoms with Crippen molar-refractivity contribution in [3.8, 4) is 0 Å². The van der Waals surface area contributed by atoms with Crippen LogP contribution in [0.5, 0.6) is 0 Å². The van der Waals surface area contributed by atoms with Gasteiger partial charge in [0, 0.05) is 0 Å². The van der Waals surface area contributed by atoms with Gasteiger partial charge in [-0.3, -0.25) is 0 Å². The molecule has 1 rings (SSSR count). The van der Waals surface area contributed by atoms with E-state index in [-0.39, 0.29) is 27.3 Å². The third-order valence-electron chi connectivity index (χ3n) is 2.07. The fraction of sp³-hybridized carbons (Fsp3) is 0.333. The maximum atomic E-state index is 11.6. The molecule has 0 N–H and O–H groups in total. The molecular weight excluding hydrogens is 287 g/mol. The van der Waals surface area contributed by atoms with E-state index in [9.17, 15) is 9.59 Å². The van der Waals surface area contributed by atoms with E-state index >= 15 is 0 Å². The van der Waals surface area contributed by atoms with Crippen LogP contribution in [0, 0.1) is 0 Å². The van der Waals surface area contributed by atoms with Crippen LogP contribution in [-0.2, 0) is 19.1 Å². The molecule has 0 heterocycles. The van der Waals surface area contributed by atoms with Crippen molar-refractivity contribution >= 4 is 31.4 Å². The molecule has 0 spiro atoms. The Morgan fingerprint density at radius 1 is 1.18 bits per heavy atom. The van der Waals surface area contributed by atoms with Crippen molar-refractivity contribution in [1.29, 1.82) is 0 Å². The summed E-state index contributed by atoms with van der Waals surface area (Å²) >= 11 is -0.136. The summed E-state index contributed by atoms with van der Waals surface area (Å²) < 4.78 is 10.3. The van der Waals surface area contributed by atoms with Gasteiger partial charge in [-0.25, -0.2) is 0 Å². The molecule has 0 aliphatic heterocycles. The summed E-state index contributed by atoms with van der Waals surface area (Å²) in [5.74, 6) is -0.752. The van der Waals surface area contributed by atoms with Crippen LogP contribution in [-0.4, -0.2) is 41.1 Å². The second-order valence-electron chi connectivity index (χ2n) is 3.22. The number of carbonyl (C=O) groups excluding carboxylic acids is 2. The van der Waals surface area contributed by atoms with Crippen molar-refractivity contribution in [2.24, 2.45) is 0 Å². The van der Waals surface area contributed by atoms with E-state index < -0.39 is 10.8 Å². The summed E-state index contributed by atoms with van der Waals surface area (Å²) in [6.45, 7) is 0. The van der Waals surface area contributed by atoms with Gasteiger partial charge in [-0.05, 0) is 0 Å². The Hall–Kier alpha value is -1.32. The van der Waals surface area contributed by atoms with Crippen molar-refractivity contribution in [2.45, 2.75) is 11.2 Å². The second-order valence-corrected chi connectivity index (χ2v) is 5.90. The molecule has 1 aromatic carbocycles. The number of methoxy groups -OCH3 is 2. The zero-order valence-corrected chi connectivity index (χ0v) is 11.4. The standard InChI is InChI=1S/C12H14O4Se/c1-15-11(13)8-10(12(14)16-2)17-9-6-4-3-5-7-9/h3-7,10H,8H2,1-2H3. The van der Waals surface area contributed by atoms with E-state index in [0.29, 0.717) is 0 Å². The molecule has 92 valence electrons. The normalized spacial score (nSPS) is 11.6. The Morgan fingerprint density at radius 3 is 2.35 bits per heavy atom. The van der Waals surface area contributed by atoms with E-state index in [1.807, 2.05) is 30.3 Å². The molecule has 4 nitrogen and oxygen atoms in total. The first-order valence-electron chi connectivity index (χ1n) is 5.03. The summed E-state index contributed by atoms with van der Waals surface area (Å²) in [7, 11) is 2.64. The number of esters is 2. The fourth-order valence-corrected chi connectivity index (χ4v) is 3.42. The Labute approximate surface area is 106 Å². The summed E-state index contributed by atoms with van der Waals surface area (Å²) in [6, 6.07) is 9.60. The maximum absolute atomic E-state index is 11.6. The number of carbonyl (C=O) groups is 2. The predicted octanol–water partition coefficient (Wildman–Crippen LogP) is 0.541. The van der Waals surface area contributed by atoms with E-state index in [2.05, 4.69) is 4.74 Å². The molecule has 0 amide bonds. The third-order valence-corrected chi connectivity index (χ3v) is 4.56. The monoisotopic (exact) mass is 302 g/mol. The molecule has 17 heavy (non-hydrogen) atoms. The van der Waals surface area contributed by atoms with E-state index in [4.69, 9.17) is 4.74 Å². The van der Waals surface area contributed by atoms with E-state index in [1.54, 1.807) is 0 Å². The zero-order chi connectivity index (χ0) is 12.7. The summed E-state index contributed by atoms with van der Waals surface area (Å²) in [6.07, 6.45) is 0.0675. The van der Waals surface area contributed by atoms with Crippen molar-refractivity contribution < 1.29 is 19.1 Å². The van der Waals surface area contributed by atoms with Crippen LogP contribution in [0.25, 0.3) is 0 Å². The van der Waals surface area contributed by atoms with Crippen LogP contribution in [0.1, 0.15) is 6.42 Å². The van der Waals surface area contributed by atoms with Crippen LogP contribution >= 0.6 is 0 Å². The molecule has 1 atom stereocenters. The van der Waals surface area contributed by atoms with E-state index in [0.717, 1.165) is 4.46 Å². The molecular formula is C12H14O4Se. The molecule has 0 aliphatic carbocycles. The van der Waals surface area contributed by atoms with Gasteiger partial charge in [0.2, 0.25) is 0 Å². The van der Waals surface area contributed by atoms with Gasteiger partial charge < -0.3 is 0 Å². The molecule has 0 saturated heterocycles. The average Bonchev–Trinajstić information content (AvgIpc) is 2.38. The molecule has 0 aliphatic rings. The fourth-order valence-electron chi connectivity index (χ4n) is 1.20. The number of rotatable bonds is 5. The Balaban J connectivity index is 2.70. The first-order chi connectivity index (χ1) is 8.17. The quantitative estimate of drug-likeness (QED) is 0.588. The molecule has 0 bridgehead atoms. The first-order valence-corrected chi connectivity index (χ1v) is 6.88. The van der Waals surface area contributed by atoms with Crippen LogP contribution in [0.4, 0.5) is 0 Å². The van der Waals surface area contributed by atoms with Crippen LogP contribution in [0.15, 0.2) is 30.3 Å². The van der Waals surface area contributed by atoms with E-state index in [1.165, 1.54) is 14.2 Å². The first kappa shape index (κ1) is 13.7. The van der Waals surface area contributed by atoms with Gasteiger partial charge in [0.15, 0.2) is 0 Å². The number of ether oxygens (including phenoxy) is 2. The molecule has 1 unspecified atom stereocenters. The van der Waals surface area contributed by atoms with Gasteiger partial charge in [-0.15, -0.1) is 0 Å². The Morgan fingerprint density at radius 2 is 1.82 bits per heavy atom. The van der Waals surface area contributed by atoms with Crippen molar-refractivity contribution in [2.75, 3.05) is 14.2 Å². The van der Waals surface area contributed by atoms with Crippen LogP contribution in [0.2, 0.25) is 4.82 Å². The second kappa shape index (κ2) is 7.09. The van der Waals surface area contributed by atoms with Gasteiger partial charge in [-0.1, -0.05) is 0 Å². The van der Waals surface area contributed by atoms with Gasteiger partial charge in [0.25, 0.3) is 0 Å². The summed E-state index contributed by atoms with van der Waals surface area (Å²) in [5.41, 5.74) is 0. The third kappa shape index (κ3) is 4.59. The predicted molar refractivity (Wildman–Crippen MR) is 64.2 cm³/mol. The van der Waals surface area contributed by atoms with Gasteiger partial charge in [0.1, 0.15) is 0 Å². The van der Waals surface area contributed by atoms with Gasteiger partial charge in [-0.2, -0.15) is 0 Å². The van der Waals surface area contributed by atoms with Crippen molar-refractivity contribution in [3.05, 3.63) is 30.3 Å². The summed E-state index contributed by atoms with van der Waals surface area (Å²) in [4.78, 5) is 22.3. The minimum atomic E-state index is -0.428. The zero-order valence-electron chi connectivity index (χ0n) is 9.71. The topological polar surface area (TPSA) is 52.6 Å². The molecule has 0 saturated carbocycles. The number of benzene rings is 1. The number of hydrogen-bond donors (Lipinski definition) is 0. The number of hydrogen-bond acceptors (Lipinski definition) is 4.